The van der Waals surface area contributed by atoms with Crippen molar-refractivity contribution in [1.82, 2.24) is 0 Å². The molecule has 1 rings (SSSR count). The van der Waals surface area contributed by atoms with Crippen LogP contribution in [0.2, 0.25) is 0 Å². The van der Waals surface area contributed by atoms with E-state index >= 15 is 0 Å². The maximum Gasteiger partial charge on any atom is 0.324 e. The fourth-order valence-electron chi connectivity index (χ4n) is 0.862. The molecule has 0 bridgehead atoms. The molecule has 16 heavy (non-hydrogen) atoms. The van der Waals surface area contributed by atoms with Gasteiger partial charge in [-0.1, -0.05) is 0 Å². The van der Waals surface area contributed by atoms with Crippen LogP contribution in [0.4, 0.5) is 8.78 Å². The van der Waals surface area contributed by atoms with E-state index in [1.165, 1.54) is 13.0 Å². The van der Waals surface area contributed by atoms with Crippen molar-refractivity contribution in [3.8, 4) is 0 Å². The van der Waals surface area contributed by atoms with Gasteiger partial charge in [0.15, 0.2) is 11.6 Å². The number of carboxylic acids is 1. The number of halogens is 2. The summed E-state index contributed by atoms with van der Waals surface area (Å²) in [7, 11) is 0. The van der Waals surface area contributed by atoms with E-state index in [1.54, 1.807) is 0 Å². The predicted molar refractivity (Wildman–Crippen MR) is 57.3 cm³/mol. The van der Waals surface area contributed by atoms with Crippen LogP contribution in [0.1, 0.15) is 6.92 Å². The Balaban J connectivity index is 2.68. The molecule has 0 saturated carbocycles. The zero-order valence-electron chi connectivity index (χ0n) is 8.54. The number of thioether (sulfide) groups is 1. The van der Waals surface area contributed by atoms with E-state index in [-0.39, 0.29) is 5.75 Å². The molecule has 88 valence electrons. The third kappa shape index (κ3) is 3.18. The molecule has 0 amide bonds. The highest BCUT2D eigenvalue weighted by Gasteiger charge is 2.27. The van der Waals surface area contributed by atoms with Gasteiger partial charge in [-0.3, -0.25) is 4.79 Å². The molecule has 3 nitrogen and oxygen atoms in total. The first kappa shape index (κ1) is 12.9. The second-order valence-corrected chi connectivity index (χ2v) is 4.64. The van der Waals surface area contributed by atoms with Gasteiger partial charge < -0.3 is 10.8 Å². The van der Waals surface area contributed by atoms with Gasteiger partial charge in [0.25, 0.3) is 0 Å². The first-order valence-electron chi connectivity index (χ1n) is 4.43. The third-order valence-electron chi connectivity index (χ3n) is 1.92. The molecule has 1 atom stereocenters. The summed E-state index contributed by atoms with van der Waals surface area (Å²) in [6.07, 6.45) is 0. The first-order valence-corrected chi connectivity index (χ1v) is 5.41. The number of benzene rings is 1. The minimum absolute atomic E-state index is 0.0768. The van der Waals surface area contributed by atoms with Gasteiger partial charge in [-0.2, -0.15) is 0 Å². The van der Waals surface area contributed by atoms with Gasteiger partial charge in [0.05, 0.1) is 0 Å². The van der Waals surface area contributed by atoms with Gasteiger partial charge in [-0.15, -0.1) is 11.8 Å². The Morgan fingerprint density at radius 3 is 2.62 bits per heavy atom. The summed E-state index contributed by atoms with van der Waals surface area (Å²) in [6.45, 7) is 1.36. The van der Waals surface area contributed by atoms with Crippen LogP contribution in [0, 0.1) is 11.6 Å². The third-order valence-corrected chi connectivity index (χ3v) is 3.25. The second-order valence-electron chi connectivity index (χ2n) is 3.59. The summed E-state index contributed by atoms with van der Waals surface area (Å²) in [5.41, 5.74) is 4.09. The van der Waals surface area contributed by atoms with Crippen molar-refractivity contribution in [2.24, 2.45) is 5.73 Å². The van der Waals surface area contributed by atoms with Crippen LogP contribution in [0.5, 0.6) is 0 Å². The molecule has 6 heteroatoms. The highest BCUT2D eigenvalue weighted by atomic mass is 32.2. The number of carbonyl (C=O) groups is 1. The van der Waals surface area contributed by atoms with Crippen LogP contribution >= 0.6 is 11.8 Å². The summed E-state index contributed by atoms with van der Waals surface area (Å²) in [6, 6.07) is 3.38. The average molecular weight is 247 g/mol. The highest BCUT2D eigenvalue weighted by Crippen LogP contribution is 2.23. The molecular weight excluding hydrogens is 236 g/mol. The molecule has 0 heterocycles. The van der Waals surface area contributed by atoms with Gasteiger partial charge in [0, 0.05) is 10.6 Å². The van der Waals surface area contributed by atoms with Gasteiger partial charge in [-0.25, -0.2) is 8.78 Å². The van der Waals surface area contributed by atoms with Crippen molar-refractivity contribution in [3.63, 3.8) is 0 Å². The largest absolute Gasteiger partial charge is 0.480 e. The second kappa shape index (κ2) is 4.80. The zero-order valence-corrected chi connectivity index (χ0v) is 9.35. The summed E-state index contributed by atoms with van der Waals surface area (Å²) in [5, 5.41) is 8.75. The molecule has 0 aromatic heterocycles. The Morgan fingerprint density at radius 1 is 1.50 bits per heavy atom. The smallest absolute Gasteiger partial charge is 0.324 e. The number of hydrogen-bond donors (Lipinski definition) is 2. The molecule has 3 N–H and O–H groups in total. The van der Waals surface area contributed by atoms with Crippen molar-refractivity contribution < 1.29 is 18.7 Å². The number of aliphatic carboxylic acids is 1. The number of nitrogens with two attached hydrogens (primary N) is 1. The van der Waals surface area contributed by atoms with Crippen molar-refractivity contribution >= 4 is 17.7 Å². The molecule has 0 radical (unpaired) electrons. The molecule has 0 spiro atoms. The minimum Gasteiger partial charge on any atom is -0.480 e. The van der Waals surface area contributed by atoms with Crippen molar-refractivity contribution in [2.45, 2.75) is 17.4 Å². The lowest BCUT2D eigenvalue weighted by Gasteiger charge is -2.18. The van der Waals surface area contributed by atoms with Crippen molar-refractivity contribution in [3.05, 3.63) is 29.8 Å². The molecular formula is C10H11F2NO2S. The topological polar surface area (TPSA) is 63.3 Å². The SMILES string of the molecule is CC(N)(CSc1ccc(F)c(F)c1)C(=O)O. The molecule has 0 aliphatic rings. The molecule has 1 unspecified atom stereocenters. The zero-order chi connectivity index (χ0) is 12.3. The summed E-state index contributed by atoms with van der Waals surface area (Å²) in [4.78, 5) is 11.1. The summed E-state index contributed by atoms with van der Waals surface area (Å²) >= 11 is 1.07. The lowest BCUT2D eigenvalue weighted by atomic mass is 10.1. The van der Waals surface area contributed by atoms with Gasteiger partial charge in [0.1, 0.15) is 5.54 Å². The fraction of sp³-hybridized carbons (Fsp3) is 0.300. The van der Waals surface area contributed by atoms with Crippen LogP contribution in [0.3, 0.4) is 0 Å². The van der Waals surface area contributed by atoms with Crippen molar-refractivity contribution in [2.75, 3.05) is 5.75 Å². The van der Waals surface area contributed by atoms with E-state index in [0.29, 0.717) is 4.90 Å². The first-order chi connectivity index (χ1) is 7.33. The summed E-state index contributed by atoms with van der Waals surface area (Å²) in [5.74, 6) is -2.95. The molecule has 1 aromatic rings. The van der Waals surface area contributed by atoms with Gasteiger partial charge >= 0.3 is 5.97 Å². The van der Waals surface area contributed by atoms with Crippen LogP contribution in [-0.2, 0) is 4.79 Å². The summed E-state index contributed by atoms with van der Waals surface area (Å²) < 4.78 is 25.4. The van der Waals surface area contributed by atoms with E-state index < -0.39 is 23.1 Å². The van der Waals surface area contributed by atoms with Crippen LogP contribution < -0.4 is 5.73 Å². The van der Waals surface area contributed by atoms with Crippen LogP contribution in [0.15, 0.2) is 23.1 Å². The highest BCUT2D eigenvalue weighted by molar-refractivity contribution is 7.99. The molecule has 0 aliphatic carbocycles. The van der Waals surface area contributed by atoms with Crippen molar-refractivity contribution in [1.29, 1.82) is 0 Å². The molecule has 0 saturated heterocycles. The standard InChI is InChI=1S/C10H11F2NO2S/c1-10(13,9(14)15)5-16-6-2-3-7(11)8(12)4-6/h2-4H,5,13H2,1H3,(H,14,15). The number of hydrogen-bond acceptors (Lipinski definition) is 3. The van der Waals surface area contributed by atoms with Gasteiger partial charge in [0.2, 0.25) is 0 Å². The number of rotatable bonds is 4. The van der Waals surface area contributed by atoms with Crippen LogP contribution in [-0.4, -0.2) is 22.4 Å². The van der Waals surface area contributed by atoms with E-state index in [2.05, 4.69) is 0 Å². The fourth-order valence-corrected chi connectivity index (χ4v) is 1.80. The number of carboxylic acid groups (broad SMARTS) is 1. The van der Waals surface area contributed by atoms with E-state index in [0.717, 1.165) is 23.9 Å². The molecule has 0 fully saturated rings. The predicted octanol–water partition coefficient (Wildman–Crippen LogP) is 1.86. The Morgan fingerprint density at radius 2 is 2.12 bits per heavy atom. The van der Waals surface area contributed by atoms with Gasteiger partial charge in [-0.05, 0) is 25.1 Å². The van der Waals surface area contributed by atoms with E-state index in [4.69, 9.17) is 10.8 Å². The maximum atomic E-state index is 12.8. The monoisotopic (exact) mass is 247 g/mol. The minimum atomic E-state index is -1.39. The van der Waals surface area contributed by atoms with Crippen LogP contribution in [0.25, 0.3) is 0 Å². The lowest BCUT2D eigenvalue weighted by molar-refractivity contribution is -0.141. The Labute approximate surface area is 95.6 Å². The maximum absolute atomic E-state index is 12.8. The Bertz CT molecular complexity index is 410. The molecule has 0 aliphatic heterocycles. The average Bonchev–Trinajstić information content (AvgIpc) is 2.20. The normalized spacial score (nSPS) is 14.5. The quantitative estimate of drug-likeness (QED) is 0.797. The molecule has 1 aromatic carbocycles. The van der Waals surface area contributed by atoms with E-state index in [9.17, 15) is 13.6 Å². The van der Waals surface area contributed by atoms with E-state index in [1.807, 2.05) is 0 Å². The Hall–Kier alpha value is -1.14. The lowest BCUT2D eigenvalue weighted by Crippen LogP contribution is -2.47. The Kier molecular flexibility index (Phi) is 3.88.